The van der Waals surface area contributed by atoms with Crippen LogP contribution in [0.3, 0.4) is 0 Å². The first-order valence-corrected chi connectivity index (χ1v) is 7.46. The monoisotopic (exact) mass is 283 g/mol. The van der Waals surface area contributed by atoms with Crippen LogP contribution < -0.4 is 0 Å². The van der Waals surface area contributed by atoms with Gasteiger partial charge in [0.25, 0.3) is 0 Å². The SMILES string of the molecule is CCOC(=O)/C=C/C(=O)OCCCCN1CCCCC1. The lowest BCUT2D eigenvalue weighted by molar-refractivity contribution is -0.140. The van der Waals surface area contributed by atoms with Gasteiger partial charge < -0.3 is 14.4 Å². The molecule has 5 heteroatoms. The van der Waals surface area contributed by atoms with Crippen LogP contribution in [0.25, 0.3) is 0 Å². The van der Waals surface area contributed by atoms with Crippen LogP contribution in [-0.4, -0.2) is 49.7 Å². The minimum absolute atomic E-state index is 0.300. The predicted molar refractivity (Wildman–Crippen MR) is 76.3 cm³/mol. The van der Waals surface area contributed by atoms with Crippen LogP contribution in [-0.2, 0) is 19.1 Å². The Morgan fingerprint density at radius 2 is 1.65 bits per heavy atom. The Morgan fingerprint density at radius 1 is 1.00 bits per heavy atom. The minimum atomic E-state index is -0.519. The number of likely N-dealkylation sites (tertiary alicyclic amines) is 1. The molecule has 0 atom stereocenters. The number of rotatable bonds is 8. The van der Waals surface area contributed by atoms with Gasteiger partial charge in [-0.3, -0.25) is 0 Å². The molecular weight excluding hydrogens is 258 g/mol. The second-order valence-electron chi connectivity index (χ2n) is 4.86. The zero-order valence-corrected chi connectivity index (χ0v) is 12.3. The summed E-state index contributed by atoms with van der Waals surface area (Å²) in [5.74, 6) is -1.01. The van der Waals surface area contributed by atoms with Crippen molar-refractivity contribution in [2.75, 3.05) is 32.8 Å². The number of hydrogen-bond acceptors (Lipinski definition) is 5. The number of hydrogen-bond donors (Lipinski definition) is 0. The summed E-state index contributed by atoms with van der Waals surface area (Å²) in [5.41, 5.74) is 0. The summed E-state index contributed by atoms with van der Waals surface area (Å²) in [4.78, 5) is 24.7. The van der Waals surface area contributed by atoms with Crippen molar-refractivity contribution in [1.82, 2.24) is 4.90 Å². The summed E-state index contributed by atoms with van der Waals surface area (Å²) in [6, 6.07) is 0. The molecule has 1 heterocycles. The summed E-state index contributed by atoms with van der Waals surface area (Å²) in [7, 11) is 0. The van der Waals surface area contributed by atoms with Crippen molar-refractivity contribution in [3.05, 3.63) is 12.2 Å². The summed E-state index contributed by atoms with van der Waals surface area (Å²) in [5, 5.41) is 0. The van der Waals surface area contributed by atoms with Crippen molar-refractivity contribution in [2.45, 2.75) is 39.0 Å². The van der Waals surface area contributed by atoms with E-state index in [1.807, 2.05) is 0 Å². The van der Waals surface area contributed by atoms with Crippen molar-refractivity contribution in [2.24, 2.45) is 0 Å². The van der Waals surface area contributed by atoms with Gasteiger partial charge in [-0.25, -0.2) is 9.59 Å². The van der Waals surface area contributed by atoms with Crippen LogP contribution >= 0.6 is 0 Å². The summed E-state index contributed by atoms with van der Waals surface area (Å²) >= 11 is 0. The van der Waals surface area contributed by atoms with E-state index in [4.69, 9.17) is 4.74 Å². The van der Waals surface area contributed by atoms with E-state index >= 15 is 0 Å². The Balaban J connectivity index is 1.99. The molecule has 1 aliphatic heterocycles. The number of ether oxygens (including phenoxy) is 2. The number of carbonyl (C=O) groups is 2. The highest BCUT2D eigenvalue weighted by molar-refractivity contribution is 5.91. The van der Waals surface area contributed by atoms with Gasteiger partial charge in [0, 0.05) is 12.2 Å². The number of unbranched alkanes of at least 4 members (excludes halogenated alkanes) is 1. The van der Waals surface area contributed by atoms with E-state index in [9.17, 15) is 9.59 Å². The van der Waals surface area contributed by atoms with Crippen molar-refractivity contribution in [1.29, 1.82) is 0 Å². The molecule has 0 aliphatic carbocycles. The molecule has 1 aliphatic rings. The Labute approximate surface area is 120 Å². The first kappa shape index (κ1) is 16.7. The lowest BCUT2D eigenvalue weighted by atomic mass is 10.1. The van der Waals surface area contributed by atoms with Crippen LogP contribution in [0.1, 0.15) is 39.0 Å². The van der Waals surface area contributed by atoms with E-state index in [1.54, 1.807) is 6.92 Å². The van der Waals surface area contributed by atoms with Gasteiger partial charge in [0.2, 0.25) is 0 Å². The fraction of sp³-hybridized carbons (Fsp3) is 0.733. The lowest BCUT2D eigenvalue weighted by Gasteiger charge is -2.26. The number of nitrogens with zero attached hydrogens (tertiary/aromatic N) is 1. The summed E-state index contributed by atoms with van der Waals surface area (Å²) < 4.78 is 9.67. The van der Waals surface area contributed by atoms with Crippen molar-refractivity contribution >= 4 is 11.9 Å². The molecule has 5 nitrogen and oxygen atoms in total. The molecule has 0 radical (unpaired) electrons. The first-order chi connectivity index (χ1) is 9.72. The number of esters is 2. The van der Waals surface area contributed by atoms with E-state index in [0.717, 1.165) is 31.5 Å². The molecule has 0 amide bonds. The Bertz CT molecular complexity index is 322. The molecule has 0 aromatic carbocycles. The third-order valence-corrected chi connectivity index (χ3v) is 3.20. The van der Waals surface area contributed by atoms with Crippen LogP contribution in [0.2, 0.25) is 0 Å². The average molecular weight is 283 g/mol. The Morgan fingerprint density at radius 3 is 2.30 bits per heavy atom. The highest BCUT2D eigenvalue weighted by Gasteiger charge is 2.09. The number of carbonyl (C=O) groups excluding carboxylic acids is 2. The van der Waals surface area contributed by atoms with Crippen molar-refractivity contribution in [3.8, 4) is 0 Å². The van der Waals surface area contributed by atoms with Gasteiger partial charge in [0.1, 0.15) is 0 Å². The lowest BCUT2D eigenvalue weighted by Crippen LogP contribution is -2.30. The molecule has 1 saturated heterocycles. The van der Waals surface area contributed by atoms with E-state index in [0.29, 0.717) is 13.2 Å². The van der Waals surface area contributed by atoms with Crippen LogP contribution in [0.15, 0.2) is 12.2 Å². The molecule has 0 spiro atoms. The van der Waals surface area contributed by atoms with E-state index < -0.39 is 11.9 Å². The maximum absolute atomic E-state index is 11.3. The quantitative estimate of drug-likeness (QED) is 0.387. The van der Waals surface area contributed by atoms with Gasteiger partial charge in [0.15, 0.2) is 0 Å². The van der Waals surface area contributed by atoms with Crippen molar-refractivity contribution in [3.63, 3.8) is 0 Å². The molecule has 0 aromatic rings. The standard InChI is InChI=1S/C15H25NO4/c1-2-19-14(17)8-9-15(18)20-13-7-6-12-16-10-4-3-5-11-16/h8-9H,2-7,10-13H2,1H3/b9-8+. The van der Waals surface area contributed by atoms with E-state index in [1.165, 1.54) is 32.4 Å². The third kappa shape index (κ3) is 7.94. The second kappa shape index (κ2) is 10.4. The van der Waals surface area contributed by atoms with Gasteiger partial charge in [0.05, 0.1) is 13.2 Å². The van der Waals surface area contributed by atoms with Crippen LogP contribution in [0, 0.1) is 0 Å². The van der Waals surface area contributed by atoms with Gasteiger partial charge >= 0.3 is 11.9 Å². The molecule has 20 heavy (non-hydrogen) atoms. The molecule has 114 valence electrons. The molecule has 0 aromatic heterocycles. The molecular formula is C15H25NO4. The molecule has 0 bridgehead atoms. The van der Waals surface area contributed by atoms with E-state index in [2.05, 4.69) is 9.64 Å². The predicted octanol–water partition coefficient (Wildman–Crippen LogP) is 1.92. The fourth-order valence-electron chi connectivity index (χ4n) is 2.17. The molecule has 0 saturated carbocycles. The normalized spacial score (nSPS) is 16.2. The average Bonchev–Trinajstić information content (AvgIpc) is 2.46. The maximum Gasteiger partial charge on any atom is 0.331 e. The zero-order valence-electron chi connectivity index (χ0n) is 12.3. The largest absolute Gasteiger partial charge is 0.463 e. The molecule has 1 rings (SSSR count). The maximum atomic E-state index is 11.3. The zero-order chi connectivity index (χ0) is 14.6. The Hall–Kier alpha value is -1.36. The van der Waals surface area contributed by atoms with Gasteiger partial charge in [-0.1, -0.05) is 6.42 Å². The molecule has 0 unspecified atom stereocenters. The number of piperidine rings is 1. The summed E-state index contributed by atoms with van der Waals surface area (Å²) in [6.07, 6.45) is 8.05. The molecule has 1 fully saturated rings. The Kier molecular flexibility index (Phi) is 8.71. The topological polar surface area (TPSA) is 55.8 Å². The minimum Gasteiger partial charge on any atom is -0.463 e. The van der Waals surface area contributed by atoms with Gasteiger partial charge in [-0.05, 0) is 52.2 Å². The first-order valence-electron chi connectivity index (χ1n) is 7.46. The third-order valence-electron chi connectivity index (χ3n) is 3.20. The highest BCUT2D eigenvalue weighted by atomic mass is 16.5. The molecule has 0 N–H and O–H groups in total. The summed E-state index contributed by atoms with van der Waals surface area (Å²) in [6.45, 7) is 5.89. The second-order valence-corrected chi connectivity index (χ2v) is 4.86. The van der Waals surface area contributed by atoms with Crippen molar-refractivity contribution < 1.29 is 19.1 Å². The van der Waals surface area contributed by atoms with Gasteiger partial charge in [-0.2, -0.15) is 0 Å². The highest BCUT2D eigenvalue weighted by Crippen LogP contribution is 2.09. The van der Waals surface area contributed by atoms with Crippen LogP contribution in [0.5, 0.6) is 0 Å². The fourth-order valence-corrected chi connectivity index (χ4v) is 2.17. The van der Waals surface area contributed by atoms with Crippen LogP contribution in [0.4, 0.5) is 0 Å². The van der Waals surface area contributed by atoms with E-state index in [-0.39, 0.29) is 0 Å². The van der Waals surface area contributed by atoms with Gasteiger partial charge in [-0.15, -0.1) is 0 Å². The smallest absolute Gasteiger partial charge is 0.331 e.